The predicted octanol–water partition coefficient (Wildman–Crippen LogP) is 5.14. The molecule has 0 aliphatic heterocycles. The maximum absolute atomic E-state index is 12.1. The molecule has 136 valence electrons. The van der Waals surface area contributed by atoms with Crippen molar-refractivity contribution < 1.29 is 14.3 Å². The first-order chi connectivity index (χ1) is 12.4. The Balaban J connectivity index is 1.90. The Hall–Kier alpha value is -2.30. The molecule has 0 bridgehead atoms. The first kappa shape index (κ1) is 20.0. The molecule has 0 heterocycles. The minimum absolute atomic E-state index is 0.402. The summed E-state index contributed by atoms with van der Waals surface area (Å²) in [5, 5.41) is 3.64. The molecule has 0 unspecified atom stereocenters. The van der Waals surface area contributed by atoms with E-state index in [1.807, 2.05) is 24.3 Å². The number of carbonyl (C=O) groups excluding carboxylic acids is 2. The summed E-state index contributed by atoms with van der Waals surface area (Å²) in [7, 11) is 0. The maximum Gasteiger partial charge on any atom is 0.331 e. The van der Waals surface area contributed by atoms with Crippen LogP contribution in [0.1, 0.15) is 25.0 Å². The molecular formula is C20H19Cl2NO3. The van der Waals surface area contributed by atoms with E-state index in [-0.39, 0.29) is 0 Å². The van der Waals surface area contributed by atoms with Gasteiger partial charge in [-0.15, -0.1) is 0 Å². The number of nitrogens with one attached hydrogen (secondary N) is 1. The number of amides is 1. The summed E-state index contributed by atoms with van der Waals surface area (Å²) < 4.78 is 5.11. The largest absolute Gasteiger partial charge is 0.449 e. The number of rotatable bonds is 6. The number of aryl methyl sites for hydroxylation is 1. The van der Waals surface area contributed by atoms with Crippen molar-refractivity contribution in [1.82, 2.24) is 0 Å². The highest BCUT2D eigenvalue weighted by Gasteiger charge is 2.16. The Morgan fingerprint density at radius 1 is 1.15 bits per heavy atom. The molecule has 26 heavy (non-hydrogen) atoms. The zero-order valence-electron chi connectivity index (χ0n) is 14.5. The van der Waals surface area contributed by atoms with Gasteiger partial charge in [0.2, 0.25) is 0 Å². The molecule has 1 N–H and O–H groups in total. The molecule has 0 aliphatic rings. The van der Waals surface area contributed by atoms with E-state index in [0.29, 0.717) is 21.3 Å². The number of esters is 1. The maximum atomic E-state index is 12.1. The van der Waals surface area contributed by atoms with Gasteiger partial charge in [0, 0.05) is 21.8 Å². The summed E-state index contributed by atoms with van der Waals surface area (Å²) in [5.41, 5.74) is 2.45. The lowest BCUT2D eigenvalue weighted by Crippen LogP contribution is -2.29. The van der Waals surface area contributed by atoms with Crippen molar-refractivity contribution in [3.8, 4) is 0 Å². The van der Waals surface area contributed by atoms with Gasteiger partial charge in [-0.3, -0.25) is 4.79 Å². The molecule has 6 heteroatoms. The topological polar surface area (TPSA) is 55.4 Å². The van der Waals surface area contributed by atoms with Crippen LogP contribution in [0.2, 0.25) is 10.0 Å². The minimum Gasteiger partial charge on any atom is -0.449 e. The summed E-state index contributed by atoms with van der Waals surface area (Å²) in [6.45, 7) is 3.57. The monoisotopic (exact) mass is 391 g/mol. The van der Waals surface area contributed by atoms with Crippen molar-refractivity contribution in [2.24, 2.45) is 0 Å². The van der Waals surface area contributed by atoms with E-state index in [0.717, 1.165) is 6.42 Å². The number of ether oxygens (including phenoxy) is 1. The zero-order chi connectivity index (χ0) is 19.1. The lowest BCUT2D eigenvalue weighted by molar-refractivity contribution is -0.148. The summed E-state index contributed by atoms with van der Waals surface area (Å²) in [4.78, 5) is 24.0. The summed E-state index contributed by atoms with van der Waals surface area (Å²) in [6, 6.07) is 12.4. The minimum atomic E-state index is -0.932. The highest BCUT2D eigenvalue weighted by molar-refractivity contribution is 6.35. The van der Waals surface area contributed by atoms with Gasteiger partial charge in [0.05, 0.1) is 0 Å². The molecule has 4 nitrogen and oxygen atoms in total. The SMILES string of the molecule is CCc1ccc(NC(=O)[C@H](C)OC(=O)/C=C/c2ccc(Cl)cc2Cl)cc1. The van der Waals surface area contributed by atoms with Crippen molar-refractivity contribution in [3.63, 3.8) is 0 Å². The standard InChI is InChI=1S/C20H19Cl2NO3/c1-3-14-4-9-17(10-5-14)23-20(25)13(2)26-19(24)11-7-15-6-8-16(21)12-18(15)22/h4-13H,3H2,1-2H3,(H,23,25)/b11-7+/t13-/m0/s1. The molecule has 0 saturated carbocycles. The molecular weight excluding hydrogens is 373 g/mol. The fourth-order valence-corrected chi connectivity index (χ4v) is 2.60. The molecule has 0 spiro atoms. The zero-order valence-corrected chi connectivity index (χ0v) is 16.0. The lowest BCUT2D eigenvalue weighted by atomic mass is 10.1. The molecule has 1 amide bonds. The van der Waals surface area contributed by atoms with Gasteiger partial charge in [-0.05, 0) is 54.8 Å². The second-order valence-corrected chi connectivity index (χ2v) is 6.46. The number of halogens is 2. The number of hydrogen-bond donors (Lipinski definition) is 1. The average Bonchev–Trinajstić information content (AvgIpc) is 2.61. The number of hydrogen-bond acceptors (Lipinski definition) is 3. The Bertz CT molecular complexity index is 816. The number of benzene rings is 2. The fraction of sp³-hybridized carbons (Fsp3) is 0.200. The van der Waals surface area contributed by atoms with Crippen molar-refractivity contribution >= 4 is 46.8 Å². The van der Waals surface area contributed by atoms with Crippen LogP contribution in [0.3, 0.4) is 0 Å². The van der Waals surface area contributed by atoms with Crippen molar-refractivity contribution in [1.29, 1.82) is 0 Å². The fourth-order valence-electron chi connectivity index (χ4n) is 2.13. The molecule has 0 saturated heterocycles. The van der Waals surface area contributed by atoms with Gasteiger partial charge in [-0.1, -0.05) is 48.3 Å². The highest BCUT2D eigenvalue weighted by Crippen LogP contribution is 2.22. The van der Waals surface area contributed by atoms with Crippen LogP contribution in [0.5, 0.6) is 0 Å². The van der Waals surface area contributed by atoms with Crippen LogP contribution in [0, 0.1) is 0 Å². The Kier molecular flexibility index (Phi) is 7.25. The van der Waals surface area contributed by atoms with E-state index in [4.69, 9.17) is 27.9 Å². The Morgan fingerprint density at radius 3 is 2.46 bits per heavy atom. The van der Waals surface area contributed by atoms with Crippen LogP contribution in [-0.4, -0.2) is 18.0 Å². The van der Waals surface area contributed by atoms with Gasteiger partial charge in [-0.2, -0.15) is 0 Å². The summed E-state index contributed by atoms with van der Waals surface area (Å²) >= 11 is 11.9. The van der Waals surface area contributed by atoms with E-state index in [9.17, 15) is 9.59 Å². The van der Waals surface area contributed by atoms with Crippen molar-refractivity contribution in [2.45, 2.75) is 26.4 Å². The number of carbonyl (C=O) groups is 2. The molecule has 0 aliphatic carbocycles. The first-order valence-electron chi connectivity index (χ1n) is 8.12. The van der Waals surface area contributed by atoms with E-state index in [1.165, 1.54) is 24.6 Å². The molecule has 2 aromatic carbocycles. The third-order valence-corrected chi connectivity index (χ3v) is 4.22. The van der Waals surface area contributed by atoms with Crippen molar-refractivity contribution in [3.05, 3.63) is 69.7 Å². The van der Waals surface area contributed by atoms with E-state index in [1.54, 1.807) is 18.2 Å². The summed E-state index contributed by atoms with van der Waals surface area (Å²) in [5.74, 6) is -1.04. The van der Waals surface area contributed by atoms with Gasteiger partial charge in [0.15, 0.2) is 6.10 Å². The second kappa shape index (κ2) is 9.41. The lowest BCUT2D eigenvalue weighted by Gasteiger charge is -2.12. The van der Waals surface area contributed by atoms with Gasteiger partial charge in [-0.25, -0.2) is 4.79 Å². The second-order valence-electron chi connectivity index (χ2n) is 5.62. The van der Waals surface area contributed by atoms with Gasteiger partial charge >= 0.3 is 5.97 Å². The molecule has 2 rings (SSSR count). The quantitative estimate of drug-likeness (QED) is 0.547. The molecule has 1 atom stereocenters. The van der Waals surface area contributed by atoms with Crippen molar-refractivity contribution in [2.75, 3.05) is 5.32 Å². The van der Waals surface area contributed by atoms with E-state index in [2.05, 4.69) is 12.2 Å². The van der Waals surface area contributed by atoms with Gasteiger partial charge < -0.3 is 10.1 Å². The molecule has 0 fully saturated rings. The smallest absolute Gasteiger partial charge is 0.331 e. The van der Waals surface area contributed by atoms with Crippen LogP contribution < -0.4 is 5.32 Å². The van der Waals surface area contributed by atoms with Crippen LogP contribution >= 0.6 is 23.2 Å². The predicted molar refractivity (Wildman–Crippen MR) is 105 cm³/mol. The molecule has 0 radical (unpaired) electrons. The first-order valence-corrected chi connectivity index (χ1v) is 8.88. The normalized spacial score (nSPS) is 12.0. The third kappa shape index (κ3) is 5.90. The van der Waals surface area contributed by atoms with Crippen LogP contribution in [0.4, 0.5) is 5.69 Å². The van der Waals surface area contributed by atoms with Crippen LogP contribution in [-0.2, 0) is 20.7 Å². The van der Waals surface area contributed by atoms with E-state index >= 15 is 0 Å². The van der Waals surface area contributed by atoms with Gasteiger partial charge in [0.1, 0.15) is 0 Å². The van der Waals surface area contributed by atoms with Crippen LogP contribution in [0.25, 0.3) is 6.08 Å². The average molecular weight is 392 g/mol. The third-order valence-electron chi connectivity index (χ3n) is 3.65. The Labute approximate surface area is 162 Å². The van der Waals surface area contributed by atoms with E-state index < -0.39 is 18.0 Å². The summed E-state index contributed by atoms with van der Waals surface area (Å²) in [6.07, 6.45) is 2.72. The van der Waals surface area contributed by atoms with Crippen LogP contribution in [0.15, 0.2) is 48.5 Å². The van der Waals surface area contributed by atoms with Gasteiger partial charge in [0.25, 0.3) is 5.91 Å². The highest BCUT2D eigenvalue weighted by atomic mass is 35.5. The number of anilines is 1. The molecule has 2 aromatic rings. The molecule has 0 aromatic heterocycles. The Morgan fingerprint density at radius 2 is 1.85 bits per heavy atom.